The summed E-state index contributed by atoms with van der Waals surface area (Å²) in [5, 5.41) is 0. The Balaban J connectivity index is 1.98. The smallest absolute Gasteiger partial charge is 0.222 e. The summed E-state index contributed by atoms with van der Waals surface area (Å²) in [6, 6.07) is 5.96. The predicted molar refractivity (Wildman–Crippen MR) is 102 cm³/mol. The molecule has 0 bridgehead atoms. The fourth-order valence-corrected chi connectivity index (χ4v) is 4.05. The number of rotatable bonds is 4. The summed E-state index contributed by atoms with van der Waals surface area (Å²) in [6.45, 7) is 3.32. The number of anilines is 2. The Labute approximate surface area is 158 Å². The zero-order valence-corrected chi connectivity index (χ0v) is 16.2. The molecule has 1 atom stereocenters. The second-order valence-corrected chi connectivity index (χ2v) is 8.93. The molecule has 1 aromatic carbocycles. The minimum atomic E-state index is -3.23. The van der Waals surface area contributed by atoms with Crippen LogP contribution in [0, 0.1) is 12.7 Å². The van der Waals surface area contributed by atoms with Gasteiger partial charge in [-0.3, -0.25) is 0 Å². The monoisotopic (exact) mass is 394 g/mol. The van der Waals surface area contributed by atoms with Crippen LogP contribution in [0.15, 0.2) is 24.3 Å². The maximum Gasteiger partial charge on any atom is 0.222 e. The second-order valence-electron chi connectivity index (χ2n) is 6.79. The van der Waals surface area contributed by atoms with Crippen LogP contribution in [0.5, 0.6) is 0 Å². The summed E-state index contributed by atoms with van der Waals surface area (Å²) in [4.78, 5) is 10.4. The number of hydrogen-bond donors (Lipinski definition) is 1. The number of nitrogens with two attached hydrogens (primary N) is 1. The normalized spacial score (nSPS) is 18.3. The molecule has 0 unspecified atom stereocenters. The van der Waals surface area contributed by atoms with Crippen LogP contribution in [0.2, 0.25) is 0 Å². The Morgan fingerprint density at radius 2 is 2.11 bits per heavy atom. The van der Waals surface area contributed by atoms with Crippen molar-refractivity contribution in [1.29, 1.82) is 0 Å². The lowest BCUT2D eigenvalue weighted by Gasteiger charge is -2.31. The Morgan fingerprint density at radius 3 is 2.78 bits per heavy atom. The minimum Gasteiger partial charge on any atom is -0.379 e. The first-order valence-corrected chi connectivity index (χ1v) is 10.7. The van der Waals surface area contributed by atoms with E-state index in [0.29, 0.717) is 36.7 Å². The average molecular weight is 394 g/mol. The van der Waals surface area contributed by atoms with E-state index in [1.165, 1.54) is 6.07 Å². The third-order valence-electron chi connectivity index (χ3n) is 4.34. The van der Waals surface area contributed by atoms with Gasteiger partial charge in [-0.15, -0.1) is 0 Å². The number of ether oxygens (including phenoxy) is 1. The second kappa shape index (κ2) is 7.77. The molecule has 2 aromatic rings. The van der Waals surface area contributed by atoms with Gasteiger partial charge in [-0.1, -0.05) is 12.1 Å². The van der Waals surface area contributed by atoms with Crippen LogP contribution >= 0.6 is 0 Å². The number of hydrogen-bond acceptors (Lipinski definition) is 7. The number of aryl methyl sites for hydroxylation is 1. The number of halogens is 1. The highest BCUT2D eigenvalue weighted by Gasteiger charge is 2.27. The molecule has 7 nitrogen and oxygen atoms in total. The Morgan fingerprint density at radius 1 is 1.33 bits per heavy atom. The van der Waals surface area contributed by atoms with Crippen LogP contribution in [0.3, 0.4) is 0 Å². The highest BCUT2D eigenvalue weighted by molar-refractivity contribution is 7.89. The van der Waals surface area contributed by atoms with Crippen molar-refractivity contribution < 1.29 is 17.5 Å². The third kappa shape index (κ3) is 4.92. The fourth-order valence-electron chi connectivity index (χ4n) is 3.26. The Hall–Kier alpha value is -2.26. The maximum atomic E-state index is 14.9. The fraction of sp³-hybridized carbons (Fsp3) is 0.444. The first-order chi connectivity index (χ1) is 12.7. The van der Waals surface area contributed by atoms with E-state index >= 15 is 0 Å². The largest absolute Gasteiger partial charge is 0.379 e. The summed E-state index contributed by atoms with van der Waals surface area (Å²) in [5.41, 5.74) is 7.37. The van der Waals surface area contributed by atoms with Gasteiger partial charge in [0, 0.05) is 36.7 Å². The van der Waals surface area contributed by atoms with E-state index in [9.17, 15) is 12.8 Å². The summed E-state index contributed by atoms with van der Waals surface area (Å²) >= 11 is 0. The van der Waals surface area contributed by atoms with E-state index < -0.39 is 21.7 Å². The van der Waals surface area contributed by atoms with Gasteiger partial charge in [-0.05, 0) is 25.0 Å². The lowest BCUT2D eigenvalue weighted by molar-refractivity contribution is 0.133. The van der Waals surface area contributed by atoms with Gasteiger partial charge in [0.1, 0.15) is 11.6 Å². The highest BCUT2D eigenvalue weighted by Crippen LogP contribution is 2.31. The quantitative estimate of drug-likeness (QED) is 0.847. The van der Waals surface area contributed by atoms with Crippen molar-refractivity contribution in [3.63, 3.8) is 0 Å². The average Bonchev–Trinajstić information content (AvgIpc) is 2.78. The van der Waals surface area contributed by atoms with Gasteiger partial charge in [0.2, 0.25) is 5.95 Å². The molecule has 1 saturated heterocycles. The van der Waals surface area contributed by atoms with E-state index in [1.807, 2.05) is 17.9 Å². The standard InChI is InChI=1S/C18H23FN4O3S/c1-12-8-17(22-18(20)21-12)23-6-3-7-26-10-16(23)14-5-4-13(9-15(14)19)11-27(2,24)25/h4-5,8-9,16H,3,6-7,10-11H2,1-2H3,(H2,20,21,22)/t16-/m1/s1. The van der Waals surface area contributed by atoms with E-state index in [2.05, 4.69) is 9.97 Å². The summed E-state index contributed by atoms with van der Waals surface area (Å²) in [5.74, 6) is 0.125. The lowest BCUT2D eigenvalue weighted by Crippen LogP contribution is -2.32. The molecule has 1 fully saturated rings. The van der Waals surface area contributed by atoms with Gasteiger partial charge < -0.3 is 15.4 Å². The summed E-state index contributed by atoms with van der Waals surface area (Å²) in [7, 11) is -3.23. The zero-order chi connectivity index (χ0) is 19.6. The molecule has 2 N–H and O–H groups in total. The molecule has 1 aliphatic rings. The molecule has 0 amide bonds. The zero-order valence-electron chi connectivity index (χ0n) is 15.4. The van der Waals surface area contributed by atoms with E-state index in [1.54, 1.807) is 12.1 Å². The van der Waals surface area contributed by atoms with E-state index in [0.717, 1.165) is 18.4 Å². The molecule has 0 spiro atoms. The molecule has 1 aromatic heterocycles. The summed E-state index contributed by atoms with van der Waals surface area (Å²) < 4.78 is 43.5. The van der Waals surface area contributed by atoms with Crippen molar-refractivity contribution in [2.45, 2.75) is 25.1 Å². The van der Waals surface area contributed by atoms with Crippen molar-refractivity contribution in [1.82, 2.24) is 9.97 Å². The van der Waals surface area contributed by atoms with Crippen molar-refractivity contribution >= 4 is 21.6 Å². The van der Waals surface area contributed by atoms with E-state index in [-0.39, 0.29) is 11.7 Å². The highest BCUT2D eigenvalue weighted by atomic mass is 32.2. The molecular weight excluding hydrogens is 371 g/mol. The SMILES string of the molecule is Cc1cc(N2CCCOC[C@@H]2c2ccc(CS(C)(=O)=O)cc2F)nc(N)n1. The van der Waals surface area contributed by atoms with Crippen LogP contribution in [0.25, 0.3) is 0 Å². The van der Waals surface area contributed by atoms with Crippen LogP contribution in [-0.2, 0) is 20.3 Å². The Kier molecular flexibility index (Phi) is 5.61. The van der Waals surface area contributed by atoms with Crippen molar-refractivity contribution in [3.8, 4) is 0 Å². The number of nitrogen functional groups attached to an aromatic ring is 1. The first kappa shape index (κ1) is 19.5. The molecule has 27 heavy (non-hydrogen) atoms. The molecule has 0 aliphatic carbocycles. The van der Waals surface area contributed by atoms with E-state index in [4.69, 9.17) is 10.5 Å². The topological polar surface area (TPSA) is 98.4 Å². The minimum absolute atomic E-state index is 0.165. The number of benzene rings is 1. The van der Waals surface area contributed by atoms with Crippen LogP contribution < -0.4 is 10.6 Å². The van der Waals surface area contributed by atoms with Crippen LogP contribution in [0.1, 0.15) is 29.3 Å². The third-order valence-corrected chi connectivity index (χ3v) is 5.20. The van der Waals surface area contributed by atoms with Crippen LogP contribution in [0.4, 0.5) is 16.2 Å². The van der Waals surface area contributed by atoms with Gasteiger partial charge in [0.25, 0.3) is 0 Å². The lowest BCUT2D eigenvalue weighted by atomic mass is 10.0. The van der Waals surface area contributed by atoms with Crippen LogP contribution in [-0.4, -0.2) is 44.4 Å². The molecule has 0 saturated carbocycles. The molecule has 1 aliphatic heterocycles. The predicted octanol–water partition coefficient (Wildman–Crippen LogP) is 2.02. The van der Waals surface area contributed by atoms with Crippen molar-refractivity contribution in [2.24, 2.45) is 0 Å². The van der Waals surface area contributed by atoms with Gasteiger partial charge in [-0.2, -0.15) is 4.98 Å². The molecule has 146 valence electrons. The Bertz CT molecular complexity index is 916. The maximum absolute atomic E-state index is 14.9. The molecule has 3 rings (SSSR count). The molecule has 9 heteroatoms. The molecular formula is C18H23FN4O3S. The molecule has 2 heterocycles. The van der Waals surface area contributed by atoms with Gasteiger partial charge in [0.15, 0.2) is 9.84 Å². The first-order valence-electron chi connectivity index (χ1n) is 8.64. The number of aromatic nitrogens is 2. The summed E-state index contributed by atoms with van der Waals surface area (Å²) in [6.07, 6.45) is 1.90. The van der Waals surface area contributed by atoms with Gasteiger partial charge in [0.05, 0.1) is 18.4 Å². The van der Waals surface area contributed by atoms with Gasteiger partial charge in [-0.25, -0.2) is 17.8 Å². The number of sulfone groups is 1. The number of nitrogens with zero attached hydrogens (tertiary/aromatic N) is 3. The van der Waals surface area contributed by atoms with Gasteiger partial charge >= 0.3 is 0 Å². The molecule has 0 radical (unpaired) electrons. The van der Waals surface area contributed by atoms with Crippen molar-refractivity contribution in [3.05, 3.63) is 46.9 Å². The van der Waals surface area contributed by atoms with Crippen molar-refractivity contribution in [2.75, 3.05) is 36.6 Å².